The minimum Gasteiger partial charge on any atom is -0.508 e. The van der Waals surface area contributed by atoms with E-state index in [1.165, 1.54) is 48.6 Å². The Balaban J connectivity index is 1.37. The van der Waals surface area contributed by atoms with Crippen LogP contribution in [0, 0.1) is 0 Å². The van der Waals surface area contributed by atoms with Gasteiger partial charge in [-0.25, -0.2) is 4.98 Å². The predicted molar refractivity (Wildman–Crippen MR) is 124 cm³/mol. The van der Waals surface area contributed by atoms with Crippen LogP contribution in [0.25, 0.3) is 0 Å². The highest BCUT2D eigenvalue weighted by molar-refractivity contribution is 7.10. The van der Waals surface area contributed by atoms with Gasteiger partial charge in [-0.1, -0.05) is 0 Å². The van der Waals surface area contributed by atoms with Gasteiger partial charge in [-0.05, 0) is 62.2 Å². The summed E-state index contributed by atoms with van der Waals surface area (Å²) in [4.78, 5) is 43.1. The van der Waals surface area contributed by atoms with E-state index in [1.54, 1.807) is 22.4 Å². The second-order valence-electron chi connectivity index (χ2n) is 7.93. The number of carbonyl (C=O) groups excluding carboxylic acids is 3. The van der Waals surface area contributed by atoms with Gasteiger partial charge in [-0.15, -0.1) is 11.3 Å². The molecular weight excluding hydrogens is 442 g/mol. The highest BCUT2D eigenvalue weighted by Crippen LogP contribution is 2.32. The minimum atomic E-state index is -0.464. The summed E-state index contributed by atoms with van der Waals surface area (Å²) in [6, 6.07) is 10.5. The molecule has 0 aliphatic carbocycles. The molecule has 0 unspecified atom stereocenters. The standard InChI is InChI=1S/C24H23N3O5S/c1-14(28)17-4-7-21(30)19(12-17)25-22(31)20-13-33-23(26-20)15-8-10-27(11-9-15)24(32)16-2-5-18(29)6-3-16/h2-7,12-13,15,29-30H,8-11H2,1H3,(H,25,31). The first-order valence-electron chi connectivity index (χ1n) is 10.5. The smallest absolute Gasteiger partial charge is 0.275 e. The van der Waals surface area contributed by atoms with Gasteiger partial charge < -0.3 is 20.4 Å². The van der Waals surface area contributed by atoms with Crippen molar-refractivity contribution in [3.8, 4) is 11.5 Å². The minimum absolute atomic E-state index is 0.0692. The Bertz CT molecular complexity index is 1200. The van der Waals surface area contributed by atoms with Gasteiger partial charge in [-0.3, -0.25) is 14.4 Å². The Morgan fingerprint density at radius 3 is 2.36 bits per heavy atom. The quantitative estimate of drug-likeness (QED) is 0.387. The number of carbonyl (C=O) groups is 3. The molecule has 0 saturated carbocycles. The molecule has 0 atom stereocenters. The maximum Gasteiger partial charge on any atom is 0.275 e. The Morgan fingerprint density at radius 2 is 1.70 bits per heavy atom. The molecule has 1 fully saturated rings. The summed E-state index contributed by atoms with van der Waals surface area (Å²) in [6.45, 7) is 2.57. The molecule has 0 spiro atoms. The van der Waals surface area contributed by atoms with Crippen LogP contribution in [-0.2, 0) is 0 Å². The van der Waals surface area contributed by atoms with Gasteiger partial charge >= 0.3 is 0 Å². The first-order chi connectivity index (χ1) is 15.8. The van der Waals surface area contributed by atoms with E-state index in [-0.39, 0.29) is 40.5 Å². The predicted octanol–water partition coefficient (Wildman–Crippen LogP) is 4.03. The maximum absolute atomic E-state index is 12.7. The monoisotopic (exact) mass is 465 g/mol. The molecule has 9 heteroatoms. The van der Waals surface area contributed by atoms with E-state index in [1.807, 2.05) is 0 Å². The summed E-state index contributed by atoms with van der Waals surface area (Å²) >= 11 is 1.40. The Morgan fingerprint density at radius 1 is 1.03 bits per heavy atom. The molecule has 3 N–H and O–H groups in total. The summed E-state index contributed by atoms with van der Waals surface area (Å²) in [5.74, 6) is -0.564. The third kappa shape index (κ3) is 5.04. The number of piperidine rings is 1. The van der Waals surface area contributed by atoms with Crippen LogP contribution in [0.5, 0.6) is 11.5 Å². The molecule has 170 valence electrons. The molecule has 2 heterocycles. The summed E-state index contributed by atoms with van der Waals surface area (Å²) in [6.07, 6.45) is 1.47. The van der Waals surface area contributed by atoms with Crippen LogP contribution in [0.1, 0.15) is 61.9 Å². The fraction of sp³-hybridized carbons (Fsp3) is 0.250. The fourth-order valence-corrected chi connectivity index (χ4v) is 4.71. The van der Waals surface area contributed by atoms with E-state index >= 15 is 0 Å². The molecule has 4 rings (SSSR count). The van der Waals surface area contributed by atoms with Crippen LogP contribution in [0.3, 0.4) is 0 Å². The van der Waals surface area contributed by atoms with Crippen molar-refractivity contribution in [2.45, 2.75) is 25.7 Å². The first-order valence-corrected chi connectivity index (χ1v) is 11.4. The molecule has 2 amide bonds. The van der Waals surface area contributed by atoms with E-state index in [0.29, 0.717) is 24.2 Å². The molecule has 3 aromatic rings. The van der Waals surface area contributed by atoms with E-state index in [4.69, 9.17) is 0 Å². The fourth-order valence-electron chi connectivity index (χ4n) is 3.74. The lowest BCUT2D eigenvalue weighted by Gasteiger charge is -2.31. The Kier molecular flexibility index (Phi) is 6.41. The van der Waals surface area contributed by atoms with Crippen LogP contribution in [0.2, 0.25) is 0 Å². The summed E-state index contributed by atoms with van der Waals surface area (Å²) in [5.41, 5.74) is 1.32. The number of hydrogen-bond donors (Lipinski definition) is 3. The lowest BCUT2D eigenvalue weighted by Crippen LogP contribution is -2.37. The molecule has 33 heavy (non-hydrogen) atoms. The number of nitrogens with zero attached hydrogens (tertiary/aromatic N) is 2. The maximum atomic E-state index is 12.7. The molecular formula is C24H23N3O5S. The number of amides is 2. The summed E-state index contributed by atoms with van der Waals surface area (Å²) < 4.78 is 0. The number of aromatic hydroxyl groups is 2. The number of likely N-dealkylation sites (tertiary alicyclic amines) is 1. The number of benzene rings is 2. The number of ketones is 1. The van der Waals surface area contributed by atoms with E-state index in [2.05, 4.69) is 10.3 Å². The van der Waals surface area contributed by atoms with Crippen molar-refractivity contribution < 1.29 is 24.6 Å². The topological polar surface area (TPSA) is 120 Å². The number of phenolic OH excluding ortho intramolecular Hbond substituents is 2. The van der Waals surface area contributed by atoms with Crippen molar-refractivity contribution in [3.05, 3.63) is 69.7 Å². The van der Waals surface area contributed by atoms with Gasteiger partial charge in [0, 0.05) is 35.5 Å². The van der Waals surface area contributed by atoms with Crippen LogP contribution >= 0.6 is 11.3 Å². The molecule has 0 bridgehead atoms. The number of nitrogens with one attached hydrogen (secondary N) is 1. The van der Waals surface area contributed by atoms with Gasteiger partial charge in [0.1, 0.15) is 17.2 Å². The van der Waals surface area contributed by atoms with Crippen LogP contribution in [-0.4, -0.2) is 50.8 Å². The third-order valence-electron chi connectivity index (χ3n) is 5.65. The SMILES string of the molecule is CC(=O)c1ccc(O)c(NC(=O)c2csc(C3CCN(C(=O)c4ccc(O)cc4)CC3)n2)c1. The number of hydrogen-bond acceptors (Lipinski definition) is 7. The van der Waals surface area contributed by atoms with E-state index in [9.17, 15) is 24.6 Å². The Labute approximate surface area is 194 Å². The second-order valence-corrected chi connectivity index (χ2v) is 8.82. The van der Waals surface area contributed by atoms with Crippen molar-refractivity contribution in [1.29, 1.82) is 0 Å². The second kappa shape index (κ2) is 9.41. The zero-order valence-corrected chi connectivity index (χ0v) is 18.8. The van der Waals surface area contributed by atoms with Crippen molar-refractivity contribution in [2.24, 2.45) is 0 Å². The summed E-state index contributed by atoms with van der Waals surface area (Å²) in [5, 5.41) is 24.5. The summed E-state index contributed by atoms with van der Waals surface area (Å²) in [7, 11) is 0. The molecule has 1 aliphatic rings. The lowest BCUT2D eigenvalue weighted by atomic mass is 9.97. The lowest BCUT2D eigenvalue weighted by molar-refractivity contribution is 0.0712. The molecule has 0 radical (unpaired) electrons. The van der Waals surface area contributed by atoms with Crippen molar-refractivity contribution in [2.75, 3.05) is 18.4 Å². The number of thiazole rings is 1. The molecule has 2 aromatic carbocycles. The van der Waals surface area contributed by atoms with Gasteiger partial charge in [0.25, 0.3) is 11.8 Å². The first kappa shape index (κ1) is 22.5. The van der Waals surface area contributed by atoms with Crippen molar-refractivity contribution >= 4 is 34.6 Å². The van der Waals surface area contributed by atoms with Gasteiger partial charge in [0.2, 0.25) is 0 Å². The van der Waals surface area contributed by atoms with E-state index < -0.39 is 5.91 Å². The number of aromatic nitrogens is 1. The molecule has 8 nitrogen and oxygen atoms in total. The third-order valence-corrected chi connectivity index (χ3v) is 6.66. The highest BCUT2D eigenvalue weighted by Gasteiger charge is 2.27. The number of Topliss-reactive ketones (excluding diaryl/α,β-unsaturated/α-hetero) is 1. The van der Waals surface area contributed by atoms with Crippen LogP contribution in [0.15, 0.2) is 47.8 Å². The number of phenols is 2. The normalized spacial score (nSPS) is 14.2. The number of rotatable bonds is 5. The molecule has 1 aliphatic heterocycles. The number of anilines is 1. The Hall–Kier alpha value is -3.72. The highest BCUT2D eigenvalue weighted by atomic mass is 32.1. The largest absolute Gasteiger partial charge is 0.508 e. The zero-order valence-electron chi connectivity index (χ0n) is 17.9. The van der Waals surface area contributed by atoms with Gasteiger partial charge in [0.05, 0.1) is 10.7 Å². The average molecular weight is 466 g/mol. The zero-order chi connectivity index (χ0) is 23.5. The van der Waals surface area contributed by atoms with Crippen LogP contribution in [0.4, 0.5) is 5.69 Å². The van der Waals surface area contributed by atoms with Gasteiger partial charge in [0.15, 0.2) is 5.78 Å². The molecule has 1 saturated heterocycles. The van der Waals surface area contributed by atoms with Crippen LogP contribution < -0.4 is 5.32 Å². The van der Waals surface area contributed by atoms with Crippen molar-refractivity contribution in [1.82, 2.24) is 9.88 Å². The van der Waals surface area contributed by atoms with Crippen molar-refractivity contribution in [3.63, 3.8) is 0 Å². The molecule has 1 aromatic heterocycles. The average Bonchev–Trinajstić information content (AvgIpc) is 3.31. The van der Waals surface area contributed by atoms with E-state index in [0.717, 1.165) is 17.8 Å². The van der Waals surface area contributed by atoms with Gasteiger partial charge in [-0.2, -0.15) is 0 Å².